The molecule has 3 heteroatoms. The zero-order valence-corrected chi connectivity index (χ0v) is 9.10. The van der Waals surface area contributed by atoms with E-state index in [4.69, 9.17) is 0 Å². The van der Waals surface area contributed by atoms with Gasteiger partial charge in [0.15, 0.2) is 0 Å². The molecular weight excluding hydrogens is 343 g/mol. The summed E-state index contributed by atoms with van der Waals surface area (Å²) >= 11 is 0. The maximum Gasteiger partial charge on any atom is 0.0886 e. The summed E-state index contributed by atoms with van der Waals surface area (Å²) < 4.78 is 0. The Bertz CT molecular complexity index is 310. The molecule has 68 valence electrons. The average Bonchev–Trinajstić information content (AvgIpc) is 2.21. The first kappa shape index (κ1) is 10.1. The molecule has 13 heavy (non-hydrogen) atoms. The number of aromatic nitrogens is 2. The molecule has 0 fully saturated rings. The standard InChI is InChI=1S/C10H8N2.Pt/c1-3-7-11-9(5-1)10-6-2-4-8-12-10;/h1-8H;. The zero-order valence-electron chi connectivity index (χ0n) is 6.83. The fourth-order valence-corrected chi connectivity index (χ4v) is 1.03. The van der Waals surface area contributed by atoms with Crippen LogP contribution >= 0.6 is 0 Å². The average molecular weight is 351 g/mol. The van der Waals surface area contributed by atoms with Gasteiger partial charge >= 0.3 is 0 Å². The topological polar surface area (TPSA) is 25.8 Å². The van der Waals surface area contributed by atoms with Crippen molar-refractivity contribution in [2.24, 2.45) is 0 Å². The van der Waals surface area contributed by atoms with Crippen molar-refractivity contribution >= 4 is 0 Å². The molecule has 0 aliphatic heterocycles. The van der Waals surface area contributed by atoms with Gasteiger partial charge in [-0.2, -0.15) is 0 Å². The Kier molecular flexibility index (Phi) is 3.78. The Hall–Kier alpha value is -1.01. The van der Waals surface area contributed by atoms with Crippen molar-refractivity contribution in [1.29, 1.82) is 0 Å². The molecule has 0 atom stereocenters. The van der Waals surface area contributed by atoms with Gasteiger partial charge < -0.3 is 0 Å². The Morgan fingerprint density at radius 3 is 1.46 bits per heavy atom. The summed E-state index contributed by atoms with van der Waals surface area (Å²) in [6.07, 6.45) is 3.54. The van der Waals surface area contributed by atoms with Gasteiger partial charge in [0.25, 0.3) is 0 Å². The van der Waals surface area contributed by atoms with Crippen LogP contribution in [0.5, 0.6) is 0 Å². The van der Waals surface area contributed by atoms with E-state index >= 15 is 0 Å². The Morgan fingerprint density at radius 2 is 1.15 bits per heavy atom. The summed E-state index contributed by atoms with van der Waals surface area (Å²) in [5.74, 6) is 0. The van der Waals surface area contributed by atoms with Crippen molar-refractivity contribution < 1.29 is 21.1 Å². The predicted molar refractivity (Wildman–Crippen MR) is 47.5 cm³/mol. The van der Waals surface area contributed by atoms with Gasteiger partial charge in [0.2, 0.25) is 0 Å². The number of nitrogens with zero attached hydrogens (tertiary/aromatic N) is 2. The zero-order chi connectivity index (χ0) is 8.23. The van der Waals surface area contributed by atoms with E-state index in [1.165, 1.54) is 0 Å². The molecular formula is C10H8N2Pt. The van der Waals surface area contributed by atoms with E-state index in [2.05, 4.69) is 9.97 Å². The van der Waals surface area contributed by atoms with Gasteiger partial charge in [0.05, 0.1) is 11.4 Å². The summed E-state index contributed by atoms with van der Waals surface area (Å²) in [5, 5.41) is 0. The van der Waals surface area contributed by atoms with Crippen LogP contribution in [-0.2, 0) is 21.1 Å². The minimum Gasteiger partial charge on any atom is -0.255 e. The molecule has 2 heterocycles. The predicted octanol–water partition coefficient (Wildman–Crippen LogP) is 2.14. The summed E-state index contributed by atoms with van der Waals surface area (Å²) in [6, 6.07) is 11.6. The van der Waals surface area contributed by atoms with Crippen molar-refractivity contribution in [3.63, 3.8) is 0 Å². The van der Waals surface area contributed by atoms with E-state index in [0.717, 1.165) is 11.4 Å². The minimum absolute atomic E-state index is 0. The Labute approximate surface area is 91.3 Å². The van der Waals surface area contributed by atoms with E-state index in [0.29, 0.717) is 0 Å². The number of rotatable bonds is 1. The summed E-state index contributed by atoms with van der Waals surface area (Å²) in [4.78, 5) is 8.37. The third-order valence-corrected chi connectivity index (χ3v) is 1.59. The van der Waals surface area contributed by atoms with Crippen LogP contribution in [0.25, 0.3) is 11.4 Å². The first-order valence-corrected chi connectivity index (χ1v) is 3.79. The van der Waals surface area contributed by atoms with Crippen LogP contribution < -0.4 is 0 Å². The third-order valence-electron chi connectivity index (χ3n) is 1.59. The van der Waals surface area contributed by atoms with Gasteiger partial charge in [-0.15, -0.1) is 0 Å². The maximum atomic E-state index is 4.19. The molecule has 0 N–H and O–H groups in total. The van der Waals surface area contributed by atoms with Gasteiger partial charge in [-0.1, -0.05) is 12.1 Å². The van der Waals surface area contributed by atoms with Crippen LogP contribution in [-0.4, -0.2) is 9.97 Å². The maximum absolute atomic E-state index is 4.19. The molecule has 2 aromatic heterocycles. The molecule has 0 amide bonds. The second-order valence-corrected chi connectivity index (χ2v) is 2.43. The molecule has 0 spiro atoms. The fraction of sp³-hybridized carbons (Fsp3) is 0. The molecule has 0 unspecified atom stereocenters. The molecule has 0 radical (unpaired) electrons. The van der Waals surface area contributed by atoms with Gasteiger partial charge in [0, 0.05) is 33.5 Å². The van der Waals surface area contributed by atoms with Crippen LogP contribution in [0.2, 0.25) is 0 Å². The number of pyridine rings is 2. The van der Waals surface area contributed by atoms with E-state index in [1.807, 2.05) is 36.4 Å². The molecule has 0 aromatic carbocycles. The van der Waals surface area contributed by atoms with Crippen molar-refractivity contribution in [3.8, 4) is 11.4 Å². The monoisotopic (exact) mass is 351 g/mol. The van der Waals surface area contributed by atoms with Gasteiger partial charge in [-0.25, -0.2) is 0 Å². The van der Waals surface area contributed by atoms with Crippen LogP contribution in [0.4, 0.5) is 0 Å². The second kappa shape index (κ2) is 4.88. The van der Waals surface area contributed by atoms with E-state index in [9.17, 15) is 0 Å². The summed E-state index contributed by atoms with van der Waals surface area (Å²) in [7, 11) is 0. The largest absolute Gasteiger partial charge is 0.255 e. The number of hydrogen-bond acceptors (Lipinski definition) is 2. The van der Waals surface area contributed by atoms with E-state index in [-0.39, 0.29) is 21.1 Å². The van der Waals surface area contributed by atoms with Crippen molar-refractivity contribution in [2.45, 2.75) is 0 Å². The van der Waals surface area contributed by atoms with Crippen LogP contribution in [0.1, 0.15) is 0 Å². The second-order valence-electron chi connectivity index (χ2n) is 2.43. The smallest absolute Gasteiger partial charge is 0.0886 e. The molecule has 0 bridgehead atoms. The summed E-state index contributed by atoms with van der Waals surface area (Å²) in [6.45, 7) is 0. The SMILES string of the molecule is [Pt].c1ccc(-c2ccccn2)nc1. The molecule has 2 nitrogen and oxygen atoms in total. The van der Waals surface area contributed by atoms with Crippen LogP contribution in [0.15, 0.2) is 48.8 Å². The Balaban J connectivity index is 0.000000845. The first-order chi connectivity index (χ1) is 5.97. The van der Waals surface area contributed by atoms with Crippen LogP contribution in [0, 0.1) is 0 Å². The van der Waals surface area contributed by atoms with Crippen molar-refractivity contribution in [1.82, 2.24) is 9.97 Å². The van der Waals surface area contributed by atoms with E-state index < -0.39 is 0 Å². The molecule has 0 saturated carbocycles. The fourth-order valence-electron chi connectivity index (χ4n) is 1.03. The quantitative estimate of drug-likeness (QED) is 0.787. The number of hydrogen-bond donors (Lipinski definition) is 0. The van der Waals surface area contributed by atoms with E-state index in [1.54, 1.807) is 12.4 Å². The molecule has 0 aliphatic rings. The summed E-state index contributed by atoms with van der Waals surface area (Å²) in [5.41, 5.74) is 1.83. The molecule has 0 aliphatic carbocycles. The minimum atomic E-state index is 0. The van der Waals surface area contributed by atoms with Gasteiger partial charge in [-0.3, -0.25) is 9.97 Å². The normalized spacial score (nSPS) is 8.92. The third kappa shape index (κ3) is 2.46. The van der Waals surface area contributed by atoms with Crippen LogP contribution in [0.3, 0.4) is 0 Å². The van der Waals surface area contributed by atoms with Crippen molar-refractivity contribution in [2.75, 3.05) is 0 Å². The van der Waals surface area contributed by atoms with Gasteiger partial charge in [-0.05, 0) is 24.3 Å². The molecule has 2 rings (SSSR count). The Morgan fingerprint density at radius 1 is 0.692 bits per heavy atom. The molecule has 0 saturated heterocycles. The molecule has 2 aromatic rings. The van der Waals surface area contributed by atoms with Gasteiger partial charge in [0.1, 0.15) is 0 Å². The first-order valence-electron chi connectivity index (χ1n) is 3.79. The van der Waals surface area contributed by atoms with Crippen molar-refractivity contribution in [3.05, 3.63) is 48.8 Å².